The molecular weight excluding hydrogens is 332 g/mol. The number of carbonyl (C=O) groups excluding carboxylic acids is 2. The Morgan fingerprint density at radius 2 is 1.77 bits per heavy atom. The van der Waals surface area contributed by atoms with Crippen LogP contribution in [0.5, 0.6) is 0 Å². The number of carbonyl (C=O) groups is 2. The highest BCUT2D eigenvalue weighted by Crippen LogP contribution is 2.19. The van der Waals surface area contributed by atoms with Gasteiger partial charge in [-0.15, -0.1) is 0 Å². The van der Waals surface area contributed by atoms with E-state index in [0.29, 0.717) is 5.69 Å². The van der Waals surface area contributed by atoms with E-state index in [1.165, 1.54) is 7.11 Å². The van der Waals surface area contributed by atoms with Crippen molar-refractivity contribution < 1.29 is 14.3 Å². The average Bonchev–Trinajstić information content (AvgIpc) is 2.66. The standard InChI is InChI=1S/C19H30N4O3/c1-5-14(2)17(18(24)26-4)21-19(25)20-15-6-8-16(9-7-15)23-12-10-22(3)11-13-23/h6-9,14,17H,5,10-13H2,1-4H3,(H2,20,21,25). The number of hydrogen-bond acceptors (Lipinski definition) is 5. The molecule has 2 amide bonds. The van der Waals surface area contributed by atoms with E-state index in [2.05, 4.69) is 27.5 Å². The third-order valence-corrected chi connectivity index (χ3v) is 4.95. The lowest BCUT2D eigenvalue weighted by atomic mass is 9.99. The molecule has 0 aromatic heterocycles. The van der Waals surface area contributed by atoms with Crippen LogP contribution >= 0.6 is 0 Å². The van der Waals surface area contributed by atoms with E-state index in [4.69, 9.17) is 4.74 Å². The Balaban J connectivity index is 1.93. The number of likely N-dealkylation sites (N-methyl/N-ethyl adjacent to an activating group) is 1. The van der Waals surface area contributed by atoms with Crippen LogP contribution in [0.25, 0.3) is 0 Å². The minimum Gasteiger partial charge on any atom is -0.467 e. The summed E-state index contributed by atoms with van der Waals surface area (Å²) < 4.78 is 4.79. The zero-order chi connectivity index (χ0) is 19.1. The molecule has 0 saturated carbocycles. The molecule has 1 fully saturated rings. The Morgan fingerprint density at radius 1 is 1.15 bits per heavy atom. The zero-order valence-electron chi connectivity index (χ0n) is 16.1. The van der Waals surface area contributed by atoms with Gasteiger partial charge in [-0.1, -0.05) is 20.3 Å². The number of anilines is 2. The van der Waals surface area contributed by atoms with Crippen molar-refractivity contribution in [2.75, 3.05) is 50.6 Å². The second-order valence-corrected chi connectivity index (χ2v) is 6.82. The second-order valence-electron chi connectivity index (χ2n) is 6.82. The summed E-state index contributed by atoms with van der Waals surface area (Å²) in [7, 11) is 3.46. The molecule has 2 rings (SSSR count). The maximum absolute atomic E-state index is 12.2. The highest BCUT2D eigenvalue weighted by molar-refractivity contribution is 5.92. The SMILES string of the molecule is CCC(C)C(NC(=O)Nc1ccc(N2CCN(C)CC2)cc1)C(=O)OC. The average molecular weight is 362 g/mol. The van der Waals surface area contributed by atoms with Crippen molar-refractivity contribution in [1.82, 2.24) is 10.2 Å². The summed E-state index contributed by atoms with van der Waals surface area (Å²) in [5.74, 6) is -0.437. The minimum atomic E-state index is -0.658. The summed E-state index contributed by atoms with van der Waals surface area (Å²) in [5.41, 5.74) is 1.84. The van der Waals surface area contributed by atoms with Crippen molar-refractivity contribution in [1.29, 1.82) is 0 Å². The van der Waals surface area contributed by atoms with Crippen molar-refractivity contribution in [3.63, 3.8) is 0 Å². The number of ether oxygens (including phenoxy) is 1. The van der Waals surface area contributed by atoms with E-state index < -0.39 is 18.0 Å². The fraction of sp³-hybridized carbons (Fsp3) is 0.579. The molecule has 1 heterocycles. The number of piperazine rings is 1. The Labute approximate surface area is 155 Å². The van der Waals surface area contributed by atoms with E-state index in [1.54, 1.807) is 0 Å². The topological polar surface area (TPSA) is 73.9 Å². The van der Waals surface area contributed by atoms with E-state index in [9.17, 15) is 9.59 Å². The molecule has 26 heavy (non-hydrogen) atoms. The number of rotatable bonds is 6. The minimum absolute atomic E-state index is 0.00666. The Bertz CT molecular complexity index is 597. The summed E-state index contributed by atoms with van der Waals surface area (Å²) in [6, 6.07) is 6.70. The molecule has 7 heteroatoms. The number of urea groups is 1. The first kappa shape index (κ1) is 20.0. The molecule has 0 aliphatic carbocycles. The van der Waals surface area contributed by atoms with Crippen molar-refractivity contribution in [2.24, 2.45) is 5.92 Å². The van der Waals surface area contributed by atoms with E-state index in [1.807, 2.05) is 38.1 Å². The summed E-state index contributed by atoms with van der Waals surface area (Å²) in [6.07, 6.45) is 0.764. The highest BCUT2D eigenvalue weighted by atomic mass is 16.5. The number of esters is 1. The van der Waals surface area contributed by atoms with Gasteiger partial charge in [0.1, 0.15) is 6.04 Å². The molecule has 1 aromatic carbocycles. The van der Waals surface area contributed by atoms with Gasteiger partial charge in [-0.25, -0.2) is 9.59 Å². The van der Waals surface area contributed by atoms with Crippen LogP contribution < -0.4 is 15.5 Å². The molecule has 1 aromatic rings. The summed E-state index contributed by atoms with van der Waals surface area (Å²) in [5, 5.41) is 5.49. The molecule has 144 valence electrons. The summed E-state index contributed by atoms with van der Waals surface area (Å²) in [4.78, 5) is 28.8. The Kier molecular flexibility index (Phi) is 7.26. The quantitative estimate of drug-likeness (QED) is 0.759. The van der Waals surface area contributed by atoms with Crippen LogP contribution in [-0.2, 0) is 9.53 Å². The molecule has 1 saturated heterocycles. The van der Waals surface area contributed by atoms with Gasteiger partial charge in [-0.3, -0.25) is 0 Å². The molecule has 1 aliphatic rings. The number of nitrogens with zero attached hydrogens (tertiary/aromatic N) is 2. The predicted octanol–water partition coefficient (Wildman–Crippen LogP) is 2.15. The van der Waals surface area contributed by atoms with Crippen molar-refractivity contribution in [2.45, 2.75) is 26.3 Å². The van der Waals surface area contributed by atoms with Crippen molar-refractivity contribution >= 4 is 23.4 Å². The molecule has 1 aliphatic heterocycles. The highest BCUT2D eigenvalue weighted by Gasteiger charge is 2.26. The third kappa shape index (κ3) is 5.36. The normalized spacial score (nSPS) is 17.3. The van der Waals surface area contributed by atoms with Gasteiger partial charge in [0.05, 0.1) is 7.11 Å². The molecule has 0 bridgehead atoms. The van der Waals surface area contributed by atoms with Crippen LogP contribution in [0.15, 0.2) is 24.3 Å². The predicted molar refractivity (Wildman–Crippen MR) is 104 cm³/mol. The largest absolute Gasteiger partial charge is 0.467 e. The maximum atomic E-state index is 12.2. The van der Waals surface area contributed by atoms with E-state index >= 15 is 0 Å². The number of hydrogen-bond donors (Lipinski definition) is 2. The van der Waals surface area contributed by atoms with Crippen LogP contribution in [-0.4, -0.2) is 63.3 Å². The van der Waals surface area contributed by atoms with Gasteiger partial charge in [0.2, 0.25) is 0 Å². The maximum Gasteiger partial charge on any atom is 0.328 e. The number of methoxy groups -OCH3 is 1. The van der Waals surface area contributed by atoms with E-state index in [0.717, 1.165) is 38.3 Å². The first-order valence-corrected chi connectivity index (χ1v) is 9.13. The number of nitrogens with one attached hydrogen (secondary N) is 2. The lowest BCUT2D eigenvalue weighted by Gasteiger charge is -2.34. The van der Waals surface area contributed by atoms with Crippen LogP contribution in [0.1, 0.15) is 20.3 Å². The third-order valence-electron chi connectivity index (χ3n) is 4.95. The van der Waals surface area contributed by atoms with Gasteiger partial charge in [-0.05, 0) is 37.2 Å². The smallest absolute Gasteiger partial charge is 0.328 e. The van der Waals surface area contributed by atoms with Gasteiger partial charge < -0.3 is 25.2 Å². The van der Waals surface area contributed by atoms with Crippen LogP contribution in [0.2, 0.25) is 0 Å². The fourth-order valence-electron chi connectivity index (χ4n) is 2.92. The summed E-state index contributed by atoms with van der Waals surface area (Å²) >= 11 is 0. The first-order valence-electron chi connectivity index (χ1n) is 9.13. The Morgan fingerprint density at radius 3 is 2.31 bits per heavy atom. The summed E-state index contributed by atoms with van der Waals surface area (Å²) in [6.45, 7) is 7.98. The molecule has 2 N–H and O–H groups in total. The molecule has 7 nitrogen and oxygen atoms in total. The lowest BCUT2D eigenvalue weighted by Crippen LogP contribution is -2.47. The molecular formula is C19H30N4O3. The molecule has 2 atom stereocenters. The molecule has 2 unspecified atom stereocenters. The van der Waals surface area contributed by atoms with Gasteiger partial charge in [0.25, 0.3) is 0 Å². The van der Waals surface area contributed by atoms with Crippen LogP contribution in [0.4, 0.5) is 16.2 Å². The van der Waals surface area contributed by atoms with Crippen LogP contribution in [0, 0.1) is 5.92 Å². The van der Waals surface area contributed by atoms with E-state index in [-0.39, 0.29) is 5.92 Å². The van der Waals surface area contributed by atoms with Gasteiger partial charge in [0, 0.05) is 37.6 Å². The van der Waals surface area contributed by atoms with Crippen LogP contribution in [0.3, 0.4) is 0 Å². The van der Waals surface area contributed by atoms with Gasteiger partial charge in [-0.2, -0.15) is 0 Å². The van der Waals surface area contributed by atoms with Gasteiger partial charge in [0.15, 0.2) is 0 Å². The monoisotopic (exact) mass is 362 g/mol. The molecule has 0 radical (unpaired) electrons. The Hall–Kier alpha value is -2.28. The number of benzene rings is 1. The lowest BCUT2D eigenvalue weighted by molar-refractivity contribution is -0.144. The van der Waals surface area contributed by atoms with Crippen molar-refractivity contribution in [3.05, 3.63) is 24.3 Å². The first-order chi connectivity index (χ1) is 12.4. The second kappa shape index (κ2) is 9.43. The zero-order valence-corrected chi connectivity index (χ0v) is 16.1. The fourth-order valence-corrected chi connectivity index (χ4v) is 2.92. The molecule has 0 spiro atoms. The number of amides is 2. The van der Waals surface area contributed by atoms with Crippen molar-refractivity contribution in [3.8, 4) is 0 Å². The van der Waals surface area contributed by atoms with Gasteiger partial charge >= 0.3 is 12.0 Å².